The molecule has 0 radical (unpaired) electrons. The summed E-state index contributed by atoms with van der Waals surface area (Å²) >= 11 is 0. The van der Waals surface area contributed by atoms with Crippen LogP contribution in [0.3, 0.4) is 0 Å². The molecule has 0 aliphatic carbocycles. The summed E-state index contributed by atoms with van der Waals surface area (Å²) in [6.45, 7) is 5.04. The van der Waals surface area contributed by atoms with Crippen LogP contribution in [0.5, 0.6) is 0 Å². The number of nitrogens with zero attached hydrogens (tertiary/aromatic N) is 4. The number of benzene rings is 2. The monoisotopic (exact) mass is 414 g/mol. The van der Waals surface area contributed by atoms with Gasteiger partial charge in [-0.05, 0) is 43.0 Å². The number of rotatable bonds is 4. The summed E-state index contributed by atoms with van der Waals surface area (Å²) in [5.41, 5.74) is 4.51. The molecule has 1 aromatic heterocycles. The number of carbonyl (C=O) groups excluding carboxylic acids is 2. The lowest BCUT2D eigenvalue weighted by atomic mass is 10.1. The molecule has 6 nitrogen and oxygen atoms in total. The van der Waals surface area contributed by atoms with Crippen LogP contribution < -0.4 is 4.90 Å². The molecule has 0 saturated carbocycles. The van der Waals surface area contributed by atoms with Crippen molar-refractivity contribution in [2.45, 2.75) is 33.1 Å². The van der Waals surface area contributed by atoms with Crippen LogP contribution in [-0.2, 0) is 12.8 Å². The Morgan fingerprint density at radius 2 is 1.42 bits per heavy atom. The first-order valence-electron chi connectivity index (χ1n) is 10.8. The lowest BCUT2D eigenvalue weighted by Crippen LogP contribution is -2.33. The van der Waals surface area contributed by atoms with Crippen molar-refractivity contribution in [3.05, 3.63) is 83.3 Å². The van der Waals surface area contributed by atoms with Gasteiger partial charge in [-0.3, -0.25) is 14.5 Å². The Kier molecular flexibility index (Phi) is 6.07. The summed E-state index contributed by atoms with van der Waals surface area (Å²) in [5, 5.41) is 0. The maximum absolute atomic E-state index is 12.6. The van der Waals surface area contributed by atoms with Crippen molar-refractivity contribution in [1.82, 2.24) is 14.9 Å². The van der Waals surface area contributed by atoms with E-state index in [0.717, 1.165) is 29.9 Å². The van der Waals surface area contributed by atoms with Gasteiger partial charge in [0.2, 0.25) is 0 Å². The van der Waals surface area contributed by atoms with Crippen molar-refractivity contribution >= 4 is 23.3 Å². The van der Waals surface area contributed by atoms with Gasteiger partial charge in [0.1, 0.15) is 12.1 Å². The zero-order valence-electron chi connectivity index (χ0n) is 17.9. The van der Waals surface area contributed by atoms with Crippen LogP contribution >= 0.6 is 0 Å². The first kappa shape index (κ1) is 20.7. The molecule has 3 heterocycles. The van der Waals surface area contributed by atoms with Crippen LogP contribution in [0.25, 0.3) is 0 Å². The van der Waals surface area contributed by atoms with Crippen molar-refractivity contribution in [3.63, 3.8) is 0 Å². The van der Waals surface area contributed by atoms with E-state index in [1.54, 1.807) is 30.6 Å². The summed E-state index contributed by atoms with van der Waals surface area (Å²) in [7, 11) is 0. The van der Waals surface area contributed by atoms with E-state index < -0.39 is 0 Å². The standard InChI is InChI=1S/C23H20N4O2.C2H6/c28-22-18-7-2-3-8-19(18)23(29)27(22)13-5-12-26-20-9-4-1-6-16(20)10-11-17-14-24-15-25-21(17)26;1-2/h1-4,6-9,14-15H,5,10-13H2;1-2H3. The molecule has 0 saturated heterocycles. The molecule has 158 valence electrons. The minimum Gasteiger partial charge on any atom is -0.326 e. The second-order valence-electron chi connectivity index (χ2n) is 7.31. The van der Waals surface area contributed by atoms with E-state index in [4.69, 9.17) is 0 Å². The first-order chi connectivity index (χ1) is 15.2. The van der Waals surface area contributed by atoms with Crippen LogP contribution in [0.2, 0.25) is 0 Å². The topological polar surface area (TPSA) is 66.4 Å². The van der Waals surface area contributed by atoms with Gasteiger partial charge in [-0.15, -0.1) is 0 Å². The predicted octanol–water partition coefficient (Wildman–Crippen LogP) is 4.43. The van der Waals surface area contributed by atoms with Crippen LogP contribution in [0.1, 0.15) is 52.1 Å². The highest BCUT2D eigenvalue weighted by Crippen LogP contribution is 2.34. The van der Waals surface area contributed by atoms with E-state index in [1.807, 2.05) is 26.1 Å². The third-order valence-electron chi connectivity index (χ3n) is 5.61. The second kappa shape index (κ2) is 9.08. The van der Waals surface area contributed by atoms with E-state index in [0.29, 0.717) is 30.6 Å². The Labute approximate surface area is 182 Å². The fraction of sp³-hybridized carbons (Fsp3) is 0.280. The van der Waals surface area contributed by atoms with E-state index in [1.165, 1.54) is 10.5 Å². The van der Waals surface area contributed by atoms with Gasteiger partial charge in [0.25, 0.3) is 11.8 Å². The average Bonchev–Trinajstić information content (AvgIpc) is 2.97. The zero-order valence-corrected chi connectivity index (χ0v) is 17.9. The molecule has 0 N–H and O–H groups in total. The maximum Gasteiger partial charge on any atom is 0.261 e. The number of amides is 2. The molecule has 0 fully saturated rings. The van der Waals surface area contributed by atoms with E-state index in [2.05, 4.69) is 33.1 Å². The Hall–Kier alpha value is -3.54. The Bertz CT molecular complexity index is 1030. The predicted molar refractivity (Wildman–Crippen MR) is 121 cm³/mol. The number of hydrogen-bond acceptors (Lipinski definition) is 5. The van der Waals surface area contributed by atoms with Gasteiger partial charge in [0.05, 0.1) is 11.1 Å². The van der Waals surface area contributed by atoms with Crippen molar-refractivity contribution in [2.75, 3.05) is 18.0 Å². The zero-order chi connectivity index (χ0) is 21.8. The minimum absolute atomic E-state index is 0.204. The van der Waals surface area contributed by atoms with Crippen molar-refractivity contribution in [1.29, 1.82) is 0 Å². The third-order valence-corrected chi connectivity index (χ3v) is 5.61. The number of fused-ring (bicyclic) bond motifs is 3. The third kappa shape index (κ3) is 3.81. The number of imide groups is 1. The van der Waals surface area contributed by atoms with Gasteiger partial charge in [0.15, 0.2) is 0 Å². The van der Waals surface area contributed by atoms with Crippen molar-refractivity contribution in [3.8, 4) is 0 Å². The molecule has 2 amide bonds. The van der Waals surface area contributed by atoms with Gasteiger partial charge in [-0.1, -0.05) is 44.2 Å². The van der Waals surface area contributed by atoms with Gasteiger partial charge in [0, 0.05) is 30.5 Å². The normalized spacial score (nSPS) is 14.3. The van der Waals surface area contributed by atoms with Crippen LogP contribution in [0, 0.1) is 0 Å². The van der Waals surface area contributed by atoms with E-state index >= 15 is 0 Å². The Morgan fingerprint density at radius 3 is 2.16 bits per heavy atom. The summed E-state index contributed by atoms with van der Waals surface area (Å²) in [6, 6.07) is 15.3. The average molecular weight is 415 g/mol. The first-order valence-corrected chi connectivity index (χ1v) is 10.8. The Morgan fingerprint density at radius 1 is 0.806 bits per heavy atom. The SMILES string of the molecule is CC.O=C1c2ccccc2C(=O)N1CCCN1c2ccccc2CCc2cncnc21. The number of carbonyl (C=O) groups is 2. The Balaban J connectivity index is 0.00000112. The minimum atomic E-state index is -0.204. The lowest BCUT2D eigenvalue weighted by molar-refractivity contribution is 0.0653. The van der Waals surface area contributed by atoms with E-state index in [-0.39, 0.29) is 11.8 Å². The highest BCUT2D eigenvalue weighted by atomic mass is 16.2. The van der Waals surface area contributed by atoms with Crippen LogP contribution in [0.15, 0.2) is 61.1 Å². The highest BCUT2D eigenvalue weighted by Gasteiger charge is 2.34. The van der Waals surface area contributed by atoms with E-state index in [9.17, 15) is 9.59 Å². The maximum atomic E-state index is 12.6. The van der Waals surface area contributed by atoms with Crippen LogP contribution in [0.4, 0.5) is 11.5 Å². The molecule has 2 aliphatic heterocycles. The molecule has 0 atom stereocenters. The number of anilines is 2. The summed E-state index contributed by atoms with van der Waals surface area (Å²) in [5.74, 6) is 0.501. The molecule has 5 rings (SSSR count). The fourth-order valence-corrected chi connectivity index (χ4v) is 4.20. The van der Waals surface area contributed by atoms with Gasteiger partial charge in [-0.25, -0.2) is 9.97 Å². The quantitative estimate of drug-likeness (QED) is 0.591. The summed E-state index contributed by atoms with van der Waals surface area (Å²) in [4.78, 5) is 37.5. The van der Waals surface area contributed by atoms with Crippen molar-refractivity contribution < 1.29 is 9.59 Å². The van der Waals surface area contributed by atoms with Gasteiger partial charge >= 0.3 is 0 Å². The molecule has 0 spiro atoms. The number of aromatic nitrogens is 2. The fourth-order valence-electron chi connectivity index (χ4n) is 4.20. The molecule has 0 unspecified atom stereocenters. The number of aryl methyl sites for hydroxylation is 2. The molecule has 2 aromatic carbocycles. The summed E-state index contributed by atoms with van der Waals surface area (Å²) < 4.78 is 0. The largest absolute Gasteiger partial charge is 0.326 e. The van der Waals surface area contributed by atoms with Gasteiger partial charge in [-0.2, -0.15) is 0 Å². The van der Waals surface area contributed by atoms with Gasteiger partial charge < -0.3 is 4.90 Å². The molecule has 2 aliphatic rings. The lowest BCUT2D eigenvalue weighted by Gasteiger charge is -2.26. The molecule has 6 heteroatoms. The molecule has 31 heavy (non-hydrogen) atoms. The summed E-state index contributed by atoms with van der Waals surface area (Å²) in [6.07, 6.45) is 5.94. The number of para-hydroxylation sites is 1. The van der Waals surface area contributed by atoms with Crippen molar-refractivity contribution in [2.24, 2.45) is 0 Å². The molecule has 3 aromatic rings. The molecule has 0 bridgehead atoms. The van der Waals surface area contributed by atoms with Crippen LogP contribution in [-0.4, -0.2) is 39.8 Å². The molecular weight excluding hydrogens is 388 g/mol. The highest BCUT2D eigenvalue weighted by molar-refractivity contribution is 6.21. The number of hydrogen-bond donors (Lipinski definition) is 0. The second-order valence-corrected chi connectivity index (χ2v) is 7.31. The smallest absolute Gasteiger partial charge is 0.261 e. The molecular formula is C25H26N4O2.